The van der Waals surface area contributed by atoms with Crippen LogP contribution in [0.2, 0.25) is 0 Å². The second-order valence-electron chi connectivity index (χ2n) is 4.99. The van der Waals surface area contributed by atoms with E-state index in [9.17, 15) is 18.0 Å². The zero-order chi connectivity index (χ0) is 17.3. The number of nitrogens with one attached hydrogen (secondary N) is 1. The van der Waals surface area contributed by atoms with Gasteiger partial charge in [0, 0.05) is 5.39 Å². The van der Waals surface area contributed by atoms with Gasteiger partial charge in [-0.25, -0.2) is 0 Å². The number of carbonyl (C=O) groups is 1. The highest BCUT2D eigenvalue weighted by atomic mass is 19.4. The molecule has 1 N–H and O–H groups in total. The lowest BCUT2D eigenvalue weighted by Crippen LogP contribution is -2.16. The van der Waals surface area contributed by atoms with Crippen LogP contribution < -0.4 is 10.1 Å². The largest absolute Gasteiger partial charge is 0.493 e. The van der Waals surface area contributed by atoms with Crippen molar-refractivity contribution in [3.63, 3.8) is 0 Å². The number of hydrogen-bond acceptors (Lipinski definition) is 3. The fraction of sp³-hybridized carbons (Fsp3) is 0.118. The van der Waals surface area contributed by atoms with Gasteiger partial charge in [-0.3, -0.25) is 4.79 Å². The number of fused-ring (bicyclic) bond motifs is 1. The Hall–Kier alpha value is -2.96. The molecule has 24 heavy (non-hydrogen) atoms. The lowest BCUT2D eigenvalue weighted by atomic mass is 10.1. The molecule has 0 spiro atoms. The summed E-state index contributed by atoms with van der Waals surface area (Å²) in [5.74, 6) is -0.446. The van der Waals surface area contributed by atoms with Crippen molar-refractivity contribution >= 4 is 22.6 Å². The number of anilines is 1. The molecule has 1 amide bonds. The third-order valence-corrected chi connectivity index (χ3v) is 3.43. The summed E-state index contributed by atoms with van der Waals surface area (Å²) >= 11 is 0. The maximum atomic E-state index is 13.0. The van der Waals surface area contributed by atoms with Gasteiger partial charge in [-0.1, -0.05) is 24.3 Å². The standard InChI is InChI=1S/C17H12F3NO3/c1-23-13-8-4-5-10-9-14(24-15(10)13)16(22)21-12-7-3-2-6-11(12)17(18,19)20/h2-9H,1H3,(H,21,22). The molecule has 0 fully saturated rings. The highest BCUT2D eigenvalue weighted by Gasteiger charge is 2.33. The molecule has 3 rings (SSSR count). The summed E-state index contributed by atoms with van der Waals surface area (Å²) in [6, 6.07) is 11.3. The predicted octanol–water partition coefficient (Wildman–Crippen LogP) is 4.71. The van der Waals surface area contributed by atoms with E-state index in [2.05, 4.69) is 5.32 Å². The van der Waals surface area contributed by atoms with E-state index in [1.807, 2.05) is 0 Å². The zero-order valence-corrected chi connectivity index (χ0v) is 12.5. The second-order valence-corrected chi connectivity index (χ2v) is 4.99. The topological polar surface area (TPSA) is 51.5 Å². The van der Waals surface area contributed by atoms with Gasteiger partial charge in [-0.2, -0.15) is 13.2 Å². The Kier molecular flexibility index (Phi) is 3.92. The number of benzene rings is 2. The van der Waals surface area contributed by atoms with Gasteiger partial charge in [-0.05, 0) is 24.3 Å². The van der Waals surface area contributed by atoms with Gasteiger partial charge in [0.25, 0.3) is 5.91 Å². The van der Waals surface area contributed by atoms with E-state index in [0.29, 0.717) is 16.7 Å². The fourth-order valence-electron chi connectivity index (χ4n) is 2.33. The van der Waals surface area contributed by atoms with Gasteiger partial charge in [0.2, 0.25) is 0 Å². The molecule has 1 heterocycles. The van der Waals surface area contributed by atoms with Gasteiger partial charge < -0.3 is 14.5 Å². The molecule has 124 valence electrons. The average molecular weight is 335 g/mol. The van der Waals surface area contributed by atoms with Gasteiger partial charge in [-0.15, -0.1) is 0 Å². The lowest BCUT2D eigenvalue weighted by molar-refractivity contribution is -0.136. The molecular weight excluding hydrogens is 323 g/mol. The second kappa shape index (κ2) is 5.92. The van der Waals surface area contributed by atoms with Gasteiger partial charge in [0.15, 0.2) is 17.1 Å². The number of hydrogen-bond donors (Lipinski definition) is 1. The van der Waals surface area contributed by atoms with Crippen LogP contribution in [0.5, 0.6) is 5.75 Å². The molecule has 2 aromatic carbocycles. The van der Waals surface area contributed by atoms with E-state index >= 15 is 0 Å². The van der Waals surface area contributed by atoms with Crippen LogP contribution in [-0.4, -0.2) is 13.0 Å². The number of amides is 1. The van der Waals surface area contributed by atoms with Crippen LogP contribution in [0.15, 0.2) is 52.9 Å². The molecule has 0 aliphatic carbocycles. The number of carbonyl (C=O) groups excluding carboxylic acids is 1. The van der Waals surface area contributed by atoms with Crippen molar-refractivity contribution in [3.05, 3.63) is 59.9 Å². The van der Waals surface area contributed by atoms with Crippen molar-refractivity contribution in [3.8, 4) is 5.75 Å². The number of furan rings is 1. The summed E-state index contributed by atoms with van der Waals surface area (Å²) in [6.07, 6.45) is -4.57. The van der Waals surface area contributed by atoms with Crippen LogP contribution >= 0.6 is 0 Å². The molecule has 0 saturated heterocycles. The Morgan fingerprint density at radius 1 is 1.12 bits per heavy atom. The molecule has 0 bridgehead atoms. The smallest absolute Gasteiger partial charge is 0.418 e. The molecule has 0 aliphatic heterocycles. The van der Waals surface area contributed by atoms with E-state index in [1.54, 1.807) is 18.2 Å². The monoisotopic (exact) mass is 335 g/mol. The van der Waals surface area contributed by atoms with Gasteiger partial charge in [0.05, 0.1) is 18.4 Å². The van der Waals surface area contributed by atoms with Crippen LogP contribution in [0.1, 0.15) is 16.1 Å². The Balaban J connectivity index is 1.94. The Bertz CT molecular complexity index is 899. The van der Waals surface area contributed by atoms with Crippen LogP contribution in [0.3, 0.4) is 0 Å². The van der Waals surface area contributed by atoms with Crippen LogP contribution in [0.25, 0.3) is 11.0 Å². The molecule has 4 nitrogen and oxygen atoms in total. The third-order valence-electron chi connectivity index (χ3n) is 3.43. The molecular formula is C17H12F3NO3. The van der Waals surface area contributed by atoms with Gasteiger partial charge >= 0.3 is 6.18 Å². The van der Waals surface area contributed by atoms with E-state index in [4.69, 9.17) is 9.15 Å². The lowest BCUT2D eigenvalue weighted by Gasteiger charge is -2.12. The number of methoxy groups -OCH3 is 1. The predicted molar refractivity (Wildman–Crippen MR) is 82.2 cm³/mol. The summed E-state index contributed by atoms with van der Waals surface area (Å²) < 4.78 is 49.5. The minimum absolute atomic E-state index is 0.105. The highest BCUT2D eigenvalue weighted by molar-refractivity contribution is 6.05. The number of ether oxygens (including phenoxy) is 1. The summed E-state index contributed by atoms with van der Waals surface area (Å²) in [5.41, 5.74) is -0.899. The molecule has 0 aliphatic rings. The number of para-hydroxylation sites is 2. The molecule has 0 saturated carbocycles. The quantitative estimate of drug-likeness (QED) is 0.754. The Morgan fingerprint density at radius 3 is 2.58 bits per heavy atom. The number of alkyl halides is 3. The van der Waals surface area contributed by atoms with Gasteiger partial charge in [0.1, 0.15) is 0 Å². The van der Waals surface area contributed by atoms with Crippen molar-refractivity contribution in [1.82, 2.24) is 0 Å². The van der Waals surface area contributed by atoms with E-state index in [0.717, 1.165) is 6.07 Å². The molecule has 0 unspecified atom stereocenters. The Morgan fingerprint density at radius 2 is 1.88 bits per heavy atom. The van der Waals surface area contributed by atoms with E-state index in [-0.39, 0.29) is 11.4 Å². The maximum absolute atomic E-state index is 13.0. The SMILES string of the molecule is COc1cccc2cc(C(=O)Nc3ccccc3C(F)(F)F)oc12. The number of halogens is 3. The highest BCUT2D eigenvalue weighted by Crippen LogP contribution is 2.35. The van der Waals surface area contributed by atoms with Crippen LogP contribution in [0.4, 0.5) is 18.9 Å². The first-order valence-corrected chi connectivity index (χ1v) is 6.94. The first-order chi connectivity index (χ1) is 11.4. The van der Waals surface area contributed by atoms with Crippen molar-refractivity contribution < 1.29 is 27.1 Å². The first-order valence-electron chi connectivity index (χ1n) is 6.94. The zero-order valence-electron chi connectivity index (χ0n) is 12.5. The van der Waals surface area contributed by atoms with Crippen molar-refractivity contribution in [2.24, 2.45) is 0 Å². The van der Waals surface area contributed by atoms with Crippen molar-refractivity contribution in [2.75, 3.05) is 12.4 Å². The number of rotatable bonds is 3. The molecule has 0 atom stereocenters. The minimum atomic E-state index is -4.57. The Labute approximate surface area is 134 Å². The van der Waals surface area contributed by atoms with Crippen molar-refractivity contribution in [2.45, 2.75) is 6.18 Å². The summed E-state index contributed by atoms with van der Waals surface area (Å²) in [7, 11) is 1.45. The minimum Gasteiger partial charge on any atom is -0.493 e. The molecule has 3 aromatic rings. The maximum Gasteiger partial charge on any atom is 0.418 e. The third kappa shape index (κ3) is 2.92. The average Bonchev–Trinajstić information content (AvgIpc) is 2.98. The van der Waals surface area contributed by atoms with E-state index in [1.165, 1.54) is 31.4 Å². The fourth-order valence-corrected chi connectivity index (χ4v) is 2.33. The van der Waals surface area contributed by atoms with Crippen molar-refractivity contribution in [1.29, 1.82) is 0 Å². The molecule has 1 aromatic heterocycles. The summed E-state index contributed by atoms with van der Waals surface area (Å²) in [6.45, 7) is 0. The summed E-state index contributed by atoms with van der Waals surface area (Å²) in [4.78, 5) is 12.2. The summed E-state index contributed by atoms with van der Waals surface area (Å²) in [5, 5.41) is 2.85. The van der Waals surface area contributed by atoms with E-state index < -0.39 is 17.6 Å². The molecule has 7 heteroatoms. The molecule has 0 radical (unpaired) electrons. The van der Waals surface area contributed by atoms with Crippen LogP contribution in [-0.2, 0) is 6.18 Å². The first kappa shape index (κ1) is 15.9. The van der Waals surface area contributed by atoms with Crippen LogP contribution in [0, 0.1) is 0 Å². The normalized spacial score (nSPS) is 11.5.